The number of carboxylic acid groups (broad SMARTS) is 1. The summed E-state index contributed by atoms with van der Waals surface area (Å²) in [6.45, 7) is 3.96. The Morgan fingerprint density at radius 2 is 2.09 bits per heavy atom. The van der Waals surface area contributed by atoms with E-state index in [0.29, 0.717) is 41.4 Å². The molecule has 1 aliphatic carbocycles. The zero-order chi connectivity index (χ0) is 24.4. The Morgan fingerprint density at radius 1 is 1.29 bits per heavy atom. The standard InChI is InChI=1S/C23H27FN6O4/c1-13(2)30-17(6-7-27-30)16-8-14(24)4-5-20(16)34-21-11-25-12-26-22(21)29(3)18-9-15(10-19(18)31)28-23(32)33/h4-8,11-13,15,18-19,28,31H,9-10H2,1-3H3,(H,32,33)/t15-,18+,19-/m1/s1. The number of aromatic nitrogens is 4. The maximum atomic E-state index is 14.2. The van der Waals surface area contributed by atoms with Gasteiger partial charge in [-0.25, -0.2) is 19.2 Å². The first-order chi connectivity index (χ1) is 16.2. The normalized spacial score (nSPS) is 19.9. The van der Waals surface area contributed by atoms with Crippen LogP contribution in [0.1, 0.15) is 32.7 Å². The molecule has 34 heavy (non-hydrogen) atoms. The number of aliphatic hydroxyl groups is 1. The Morgan fingerprint density at radius 3 is 2.82 bits per heavy atom. The largest absolute Gasteiger partial charge is 0.465 e. The van der Waals surface area contributed by atoms with Gasteiger partial charge < -0.3 is 25.2 Å². The lowest BCUT2D eigenvalue weighted by Crippen LogP contribution is -2.39. The Labute approximate surface area is 196 Å². The second-order valence-corrected chi connectivity index (χ2v) is 8.57. The number of hydrogen-bond donors (Lipinski definition) is 3. The molecule has 1 saturated carbocycles. The van der Waals surface area contributed by atoms with Gasteiger partial charge in [-0.2, -0.15) is 5.10 Å². The fourth-order valence-electron chi connectivity index (χ4n) is 4.36. The second kappa shape index (κ2) is 9.64. The van der Waals surface area contributed by atoms with Crippen molar-refractivity contribution in [3.05, 3.63) is 48.8 Å². The summed E-state index contributed by atoms with van der Waals surface area (Å²) in [5.74, 6) is 0.718. The molecule has 1 aromatic carbocycles. The lowest BCUT2D eigenvalue weighted by Gasteiger charge is -2.29. The average Bonchev–Trinajstić information content (AvgIpc) is 3.41. The highest BCUT2D eigenvalue weighted by molar-refractivity contribution is 5.69. The first kappa shape index (κ1) is 23.4. The van der Waals surface area contributed by atoms with Gasteiger partial charge in [0.2, 0.25) is 0 Å². The van der Waals surface area contributed by atoms with E-state index in [1.807, 2.05) is 13.8 Å². The molecule has 3 N–H and O–H groups in total. The molecule has 180 valence electrons. The van der Waals surface area contributed by atoms with Crippen molar-refractivity contribution in [2.45, 2.75) is 50.9 Å². The van der Waals surface area contributed by atoms with Gasteiger partial charge in [-0.05, 0) is 51.0 Å². The van der Waals surface area contributed by atoms with E-state index in [1.54, 1.807) is 28.9 Å². The van der Waals surface area contributed by atoms with Crippen molar-refractivity contribution >= 4 is 11.9 Å². The van der Waals surface area contributed by atoms with Crippen LogP contribution in [0.2, 0.25) is 0 Å². The summed E-state index contributed by atoms with van der Waals surface area (Å²) in [5.41, 5.74) is 1.22. The molecule has 0 aliphatic heterocycles. The van der Waals surface area contributed by atoms with Crippen LogP contribution in [0.15, 0.2) is 43.0 Å². The van der Waals surface area contributed by atoms with Crippen molar-refractivity contribution in [3.63, 3.8) is 0 Å². The van der Waals surface area contributed by atoms with Crippen LogP contribution in [-0.4, -0.2) is 61.3 Å². The Hall–Kier alpha value is -3.73. The minimum absolute atomic E-state index is 0.0547. The van der Waals surface area contributed by atoms with Crippen LogP contribution in [-0.2, 0) is 0 Å². The van der Waals surface area contributed by atoms with Crippen molar-refractivity contribution < 1.29 is 24.1 Å². The Bertz CT molecular complexity index is 1170. The SMILES string of the molecule is CC(C)n1nccc1-c1cc(F)ccc1Oc1cncnc1N(C)[C@H]1C[C@@H](NC(=O)O)C[C@H]1O. The molecule has 1 aliphatic rings. The number of anilines is 1. The Balaban J connectivity index is 1.65. The Kier molecular flexibility index (Phi) is 6.64. The van der Waals surface area contributed by atoms with Crippen LogP contribution in [0, 0.1) is 5.82 Å². The number of amides is 1. The van der Waals surface area contributed by atoms with Crippen LogP contribution >= 0.6 is 0 Å². The van der Waals surface area contributed by atoms with Crippen molar-refractivity contribution in [1.82, 2.24) is 25.1 Å². The van der Waals surface area contributed by atoms with Gasteiger partial charge in [-0.15, -0.1) is 0 Å². The highest BCUT2D eigenvalue weighted by Crippen LogP contribution is 2.38. The minimum Gasteiger partial charge on any atom is -0.465 e. The molecule has 10 nitrogen and oxygen atoms in total. The minimum atomic E-state index is -1.13. The predicted octanol–water partition coefficient (Wildman–Crippen LogP) is 3.45. The molecular formula is C23H27FN6O4. The van der Waals surface area contributed by atoms with Gasteiger partial charge in [0.05, 0.1) is 24.0 Å². The van der Waals surface area contributed by atoms with Crippen LogP contribution in [0.5, 0.6) is 11.5 Å². The number of nitrogens with one attached hydrogen (secondary N) is 1. The summed E-state index contributed by atoms with van der Waals surface area (Å²) in [6, 6.07) is 5.33. The number of ether oxygens (including phenoxy) is 1. The summed E-state index contributed by atoms with van der Waals surface area (Å²) < 4.78 is 22.2. The van der Waals surface area contributed by atoms with Crippen LogP contribution < -0.4 is 15.0 Å². The topological polar surface area (TPSA) is 126 Å². The molecule has 0 spiro atoms. The van der Waals surface area contributed by atoms with Crippen molar-refractivity contribution in [2.24, 2.45) is 0 Å². The fourth-order valence-corrected chi connectivity index (χ4v) is 4.36. The van der Waals surface area contributed by atoms with E-state index in [9.17, 15) is 14.3 Å². The molecule has 0 unspecified atom stereocenters. The number of nitrogens with zero attached hydrogens (tertiary/aromatic N) is 5. The number of rotatable bonds is 7. The van der Waals surface area contributed by atoms with E-state index < -0.39 is 18.0 Å². The molecule has 1 fully saturated rings. The third-order valence-electron chi connectivity index (χ3n) is 5.91. The summed E-state index contributed by atoms with van der Waals surface area (Å²) in [4.78, 5) is 21.2. The third kappa shape index (κ3) is 4.79. The van der Waals surface area contributed by atoms with Gasteiger partial charge in [0.15, 0.2) is 11.6 Å². The van der Waals surface area contributed by atoms with Crippen LogP contribution in [0.4, 0.5) is 15.0 Å². The zero-order valence-electron chi connectivity index (χ0n) is 19.1. The summed E-state index contributed by atoms with van der Waals surface area (Å²) in [5, 5.41) is 26.3. The lowest BCUT2D eigenvalue weighted by molar-refractivity contribution is 0.159. The summed E-state index contributed by atoms with van der Waals surface area (Å²) in [6.07, 6.45) is 3.33. The zero-order valence-corrected chi connectivity index (χ0v) is 19.1. The molecule has 3 atom stereocenters. The molecular weight excluding hydrogens is 443 g/mol. The number of aliphatic hydroxyl groups excluding tert-OH is 1. The quantitative estimate of drug-likeness (QED) is 0.479. The molecule has 4 rings (SSSR count). The third-order valence-corrected chi connectivity index (χ3v) is 5.91. The predicted molar refractivity (Wildman–Crippen MR) is 122 cm³/mol. The molecule has 2 heterocycles. The monoisotopic (exact) mass is 470 g/mol. The smallest absolute Gasteiger partial charge is 0.404 e. The van der Waals surface area contributed by atoms with E-state index >= 15 is 0 Å². The fraction of sp³-hybridized carbons (Fsp3) is 0.391. The van der Waals surface area contributed by atoms with E-state index in [2.05, 4.69) is 20.4 Å². The highest BCUT2D eigenvalue weighted by atomic mass is 19.1. The molecule has 0 bridgehead atoms. The second-order valence-electron chi connectivity index (χ2n) is 8.57. The van der Waals surface area contributed by atoms with Gasteiger partial charge in [0, 0.05) is 30.9 Å². The van der Waals surface area contributed by atoms with Gasteiger partial charge in [-0.1, -0.05) is 0 Å². The van der Waals surface area contributed by atoms with E-state index in [-0.39, 0.29) is 18.1 Å². The van der Waals surface area contributed by atoms with E-state index in [4.69, 9.17) is 9.84 Å². The first-order valence-electron chi connectivity index (χ1n) is 11.0. The van der Waals surface area contributed by atoms with Crippen molar-refractivity contribution in [3.8, 4) is 22.8 Å². The van der Waals surface area contributed by atoms with E-state index in [0.717, 1.165) is 0 Å². The van der Waals surface area contributed by atoms with E-state index in [1.165, 1.54) is 30.7 Å². The number of carbonyl (C=O) groups is 1. The molecule has 2 aromatic heterocycles. The molecule has 3 aromatic rings. The van der Waals surface area contributed by atoms with Crippen molar-refractivity contribution in [1.29, 1.82) is 0 Å². The number of hydrogen-bond acceptors (Lipinski definition) is 7. The lowest BCUT2D eigenvalue weighted by atomic mass is 10.1. The van der Waals surface area contributed by atoms with Gasteiger partial charge in [-0.3, -0.25) is 4.68 Å². The maximum Gasteiger partial charge on any atom is 0.404 e. The average molecular weight is 471 g/mol. The molecule has 0 saturated heterocycles. The number of benzene rings is 1. The molecule has 1 amide bonds. The van der Waals surface area contributed by atoms with Crippen LogP contribution in [0.25, 0.3) is 11.3 Å². The molecule has 0 radical (unpaired) electrons. The summed E-state index contributed by atoms with van der Waals surface area (Å²) >= 11 is 0. The van der Waals surface area contributed by atoms with Gasteiger partial charge in [0.1, 0.15) is 17.9 Å². The van der Waals surface area contributed by atoms with Crippen LogP contribution in [0.3, 0.4) is 0 Å². The van der Waals surface area contributed by atoms with Gasteiger partial charge in [0.25, 0.3) is 0 Å². The maximum absolute atomic E-state index is 14.2. The highest BCUT2D eigenvalue weighted by Gasteiger charge is 2.37. The van der Waals surface area contributed by atoms with Gasteiger partial charge >= 0.3 is 6.09 Å². The summed E-state index contributed by atoms with van der Waals surface area (Å²) in [7, 11) is 1.76. The number of halogens is 1. The molecule has 11 heteroatoms. The van der Waals surface area contributed by atoms with Crippen molar-refractivity contribution in [2.75, 3.05) is 11.9 Å². The number of likely N-dealkylation sites (N-methyl/N-ethyl adjacent to an activating group) is 1. The first-order valence-corrected chi connectivity index (χ1v) is 11.0.